The molecule has 172 valence electrons. The first kappa shape index (κ1) is 22.3. The molecule has 1 aromatic heterocycles. The van der Waals surface area contributed by atoms with E-state index in [1.54, 1.807) is 28.9 Å². The van der Waals surface area contributed by atoms with Crippen LogP contribution in [0.1, 0.15) is 40.2 Å². The molecule has 2 aromatic rings. The minimum atomic E-state index is -4.49. The van der Waals surface area contributed by atoms with Gasteiger partial charge >= 0.3 is 6.18 Å². The van der Waals surface area contributed by atoms with Crippen LogP contribution in [0.4, 0.5) is 13.2 Å². The minimum absolute atomic E-state index is 0.146. The number of ether oxygens (including phenoxy) is 1. The predicted molar refractivity (Wildman–Crippen MR) is 107 cm³/mol. The number of halogens is 3. The molecule has 2 fully saturated rings. The Bertz CT molecular complexity index is 990. The van der Waals surface area contributed by atoms with Crippen molar-refractivity contribution in [1.82, 2.24) is 15.0 Å². The number of piperazine rings is 1. The summed E-state index contributed by atoms with van der Waals surface area (Å²) in [6, 6.07) is 6.58. The molecular weight excluding hydrogens is 427 g/mol. The van der Waals surface area contributed by atoms with E-state index in [4.69, 9.17) is 9.26 Å². The van der Waals surface area contributed by atoms with Gasteiger partial charge in [-0.3, -0.25) is 9.59 Å². The number of hydrogen-bond donors (Lipinski definition) is 0. The summed E-state index contributed by atoms with van der Waals surface area (Å²) in [5, 5.41) is 3.72. The Morgan fingerprint density at radius 3 is 2.28 bits per heavy atom. The van der Waals surface area contributed by atoms with Gasteiger partial charge in [0.1, 0.15) is 0 Å². The topological polar surface area (TPSA) is 75.9 Å². The summed E-state index contributed by atoms with van der Waals surface area (Å²) in [6.45, 7) is 3.51. The summed E-state index contributed by atoms with van der Waals surface area (Å²) in [6.07, 6.45) is -3.87. The molecule has 0 spiro atoms. The maximum atomic E-state index is 13.6. The third-order valence-electron chi connectivity index (χ3n) is 6.19. The van der Waals surface area contributed by atoms with Gasteiger partial charge in [-0.05, 0) is 31.4 Å². The van der Waals surface area contributed by atoms with Crippen LogP contribution in [0.2, 0.25) is 0 Å². The molecule has 0 saturated carbocycles. The van der Waals surface area contributed by atoms with Crippen molar-refractivity contribution in [3.05, 3.63) is 52.9 Å². The number of amides is 2. The molecular formula is C22H24F3N3O4. The molecule has 1 aromatic carbocycles. The van der Waals surface area contributed by atoms with Crippen molar-refractivity contribution in [1.29, 1.82) is 0 Å². The Kier molecular flexibility index (Phi) is 5.98. The van der Waals surface area contributed by atoms with Crippen LogP contribution in [0.25, 0.3) is 0 Å². The lowest BCUT2D eigenvalue weighted by atomic mass is 9.72. The number of nitrogens with zero attached hydrogens (tertiary/aromatic N) is 3. The number of hydrogen-bond acceptors (Lipinski definition) is 5. The fourth-order valence-corrected chi connectivity index (χ4v) is 4.37. The maximum Gasteiger partial charge on any atom is 0.416 e. The SMILES string of the molecule is Cc1cc(C(=O)N2CCN(C(=O)C3(c4cccc(C(F)(F)F)c4)CCOCC3)CC2)on1. The lowest BCUT2D eigenvalue weighted by molar-refractivity contribution is -0.143. The standard InChI is InChI=1S/C22H24F3N3O4/c1-15-13-18(32-26-15)19(29)27-7-9-28(10-8-27)20(30)21(5-11-31-12-6-21)16-3-2-4-17(14-16)22(23,24)25/h2-4,13-14H,5-12H2,1H3. The van der Waals surface area contributed by atoms with E-state index < -0.39 is 17.2 Å². The van der Waals surface area contributed by atoms with Gasteiger partial charge in [-0.2, -0.15) is 13.2 Å². The van der Waals surface area contributed by atoms with Gasteiger partial charge in [0.25, 0.3) is 5.91 Å². The summed E-state index contributed by atoms with van der Waals surface area (Å²) in [5.74, 6) is -0.369. The summed E-state index contributed by atoms with van der Waals surface area (Å²) in [7, 11) is 0. The number of aromatic nitrogens is 1. The van der Waals surface area contributed by atoms with Crippen molar-refractivity contribution in [3.63, 3.8) is 0 Å². The highest BCUT2D eigenvalue weighted by Gasteiger charge is 2.45. The van der Waals surface area contributed by atoms with Crippen molar-refractivity contribution < 1.29 is 32.0 Å². The van der Waals surface area contributed by atoms with Gasteiger partial charge in [-0.1, -0.05) is 23.4 Å². The van der Waals surface area contributed by atoms with Gasteiger partial charge in [0.2, 0.25) is 11.7 Å². The van der Waals surface area contributed by atoms with Crippen molar-refractivity contribution in [3.8, 4) is 0 Å². The fourth-order valence-electron chi connectivity index (χ4n) is 4.37. The molecule has 0 unspecified atom stereocenters. The fraction of sp³-hybridized carbons (Fsp3) is 0.500. The minimum Gasteiger partial charge on any atom is -0.381 e. The van der Waals surface area contributed by atoms with Gasteiger partial charge in [0.05, 0.1) is 16.7 Å². The molecule has 2 aliphatic heterocycles. The number of alkyl halides is 3. The first-order valence-corrected chi connectivity index (χ1v) is 10.5. The van der Waals surface area contributed by atoms with E-state index in [-0.39, 0.29) is 17.6 Å². The average molecular weight is 451 g/mol. The Morgan fingerprint density at radius 2 is 1.69 bits per heavy atom. The molecule has 0 N–H and O–H groups in total. The van der Waals surface area contributed by atoms with Crippen LogP contribution in [-0.4, -0.2) is 66.2 Å². The molecule has 0 aliphatic carbocycles. The van der Waals surface area contributed by atoms with Crippen molar-refractivity contribution in [2.45, 2.75) is 31.4 Å². The highest BCUT2D eigenvalue weighted by atomic mass is 19.4. The van der Waals surface area contributed by atoms with Crippen LogP contribution in [0.5, 0.6) is 0 Å². The van der Waals surface area contributed by atoms with Crippen LogP contribution in [-0.2, 0) is 21.1 Å². The van der Waals surface area contributed by atoms with Gasteiger partial charge in [-0.15, -0.1) is 0 Å². The van der Waals surface area contributed by atoms with Crippen molar-refractivity contribution >= 4 is 11.8 Å². The van der Waals surface area contributed by atoms with Crippen LogP contribution in [0.15, 0.2) is 34.9 Å². The average Bonchev–Trinajstić information content (AvgIpc) is 3.24. The first-order chi connectivity index (χ1) is 15.2. The Morgan fingerprint density at radius 1 is 1.03 bits per heavy atom. The van der Waals surface area contributed by atoms with E-state index in [0.29, 0.717) is 63.5 Å². The normalized spacial score (nSPS) is 19.1. The quantitative estimate of drug-likeness (QED) is 0.717. The van der Waals surface area contributed by atoms with Crippen LogP contribution >= 0.6 is 0 Å². The third kappa shape index (κ3) is 4.23. The number of carbonyl (C=O) groups is 2. The predicted octanol–water partition coefficient (Wildman–Crippen LogP) is 3.03. The highest BCUT2D eigenvalue weighted by molar-refractivity contribution is 5.92. The van der Waals surface area contributed by atoms with E-state index in [0.717, 1.165) is 12.1 Å². The van der Waals surface area contributed by atoms with Crippen LogP contribution < -0.4 is 0 Å². The van der Waals surface area contributed by atoms with Crippen molar-refractivity contribution in [2.24, 2.45) is 0 Å². The molecule has 2 amide bonds. The largest absolute Gasteiger partial charge is 0.416 e. The second kappa shape index (κ2) is 8.57. The summed E-state index contributed by atoms with van der Waals surface area (Å²) >= 11 is 0. The number of rotatable bonds is 3. The van der Waals surface area contributed by atoms with E-state index >= 15 is 0 Å². The summed E-state index contributed by atoms with van der Waals surface area (Å²) in [5.41, 5.74) is -0.888. The van der Waals surface area contributed by atoms with Gasteiger partial charge < -0.3 is 19.1 Å². The highest BCUT2D eigenvalue weighted by Crippen LogP contribution is 2.39. The number of aryl methyl sites for hydroxylation is 1. The van der Waals surface area contributed by atoms with Crippen LogP contribution in [0.3, 0.4) is 0 Å². The molecule has 32 heavy (non-hydrogen) atoms. The molecule has 0 bridgehead atoms. The van der Waals surface area contributed by atoms with E-state index in [9.17, 15) is 22.8 Å². The smallest absolute Gasteiger partial charge is 0.381 e. The van der Waals surface area contributed by atoms with Crippen LogP contribution in [0, 0.1) is 6.92 Å². The summed E-state index contributed by atoms with van der Waals surface area (Å²) in [4.78, 5) is 29.4. The number of benzene rings is 1. The second-order valence-electron chi connectivity index (χ2n) is 8.19. The molecule has 2 saturated heterocycles. The van der Waals surface area contributed by atoms with Gasteiger partial charge in [0.15, 0.2) is 0 Å². The maximum absolute atomic E-state index is 13.6. The summed E-state index contributed by atoms with van der Waals surface area (Å²) < 4.78 is 50.4. The molecule has 10 heteroatoms. The molecule has 4 rings (SSSR count). The molecule has 0 atom stereocenters. The molecule has 3 heterocycles. The van der Waals surface area contributed by atoms with E-state index in [1.165, 1.54) is 6.07 Å². The molecule has 7 nitrogen and oxygen atoms in total. The monoisotopic (exact) mass is 451 g/mol. The molecule has 0 radical (unpaired) electrons. The number of carbonyl (C=O) groups excluding carboxylic acids is 2. The lowest BCUT2D eigenvalue weighted by Crippen LogP contribution is -2.56. The van der Waals surface area contributed by atoms with Gasteiger partial charge in [0, 0.05) is 45.5 Å². The van der Waals surface area contributed by atoms with E-state index in [2.05, 4.69) is 5.16 Å². The molecule has 2 aliphatic rings. The zero-order chi connectivity index (χ0) is 22.9. The zero-order valence-corrected chi connectivity index (χ0v) is 17.7. The van der Waals surface area contributed by atoms with E-state index in [1.807, 2.05) is 0 Å². The first-order valence-electron chi connectivity index (χ1n) is 10.5. The van der Waals surface area contributed by atoms with Gasteiger partial charge in [-0.25, -0.2) is 0 Å². The Hall–Kier alpha value is -2.88. The lowest BCUT2D eigenvalue weighted by Gasteiger charge is -2.43. The Labute approximate surface area is 183 Å². The third-order valence-corrected chi connectivity index (χ3v) is 6.19. The zero-order valence-electron chi connectivity index (χ0n) is 17.7. The second-order valence-corrected chi connectivity index (χ2v) is 8.19. The Balaban J connectivity index is 1.53. The van der Waals surface area contributed by atoms with Crippen molar-refractivity contribution in [2.75, 3.05) is 39.4 Å².